The van der Waals surface area contributed by atoms with Gasteiger partial charge >= 0.3 is 5.97 Å². The first kappa shape index (κ1) is 21.7. The lowest BCUT2D eigenvalue weighted by molar-refractivity contribution is -0.143. The number of halogens is 1. The van der Waals surface area contributed by atoms with Crippen LogP contribution in [-0.2, 0) is 20.9 Å². The van der Waals surface area contributed by atoms with Gasteiger partial charge < -0.3 is 24.3 Å². The zero-order chi connectivity index (χ0) is 21.2. The summed E-state index contributed by atoms with van der Waals surface area (Å²) in [6, 6.07) is 9.40. The van der Waals surface area contributed by atoms with Gasteiger partial charge in [0.15, 0.2) is 18.1 Å². The predicted octanol–water partition coefficient (Wildman–Crippen LogP) is 2.72. The van der Waals surface area contributed by atoms with Gasteiger partial charge in [0.2, 0.25) is 5.75 Å². The van der Waals surface area contributed by atoms with Crippen LogP contribution in [0.1, 0.15) is 11.1 Å². The third kappa shape index (κ3) is 6.24. The van der Waals surface area contributed by atoms with Gasteiger partial charge in [-0.25, -0.2) is 9.18 Å². The standard InChI is InChI=1S/C21H22FNO6/c1-26-17-10-14(11-18(27-2)21(17)28-3)8-9-20(25)29-13-19(24)23-12-15-6-4-5-7-16(15)22/h4-11H,12-13H2,1-3H3,(H,23,24)/b9-8+. The van der Waals surface area contributed by atoms with Gasteiger partial charge in [-0.15, -0.1) is 0 Å². The van der Waals surface area contributed by atoms with E-state index in [0.717, 1.165) is 0 Å². The molecular formula is C21H22FNO6. The highest BCUT2D eigenvalue weighted by Gasteiger charge is 2.12. The minimum atomic E-state index is -0.709. The Balaban J connectivity index is 1.89. The van der Waals surface area contributed by atoms with Crippen LogP contribution in [0, 0.1) is 5.82 Å². The summed E-state index contributed by atoms with van der Waals surface area (Å²) < 4.78 is 34.1. The molecule has 1 amide bonds. The maximum Gasteiger partial charge on any atom is 0.331 e. The second-order valence-corrected chi connectivity index (χ2v) is 5.77. The molecule has 7 nitrogen and oxygen atoms in total. The first-order chi connectivity index (χ1) is 14.0. The minimum Gasteiger partial charge on any atom is -0.493 e. The molecule has 0 spiro atoms. The number of ether oxygens (including phenoxy) is 4. The number of amides is 1. The number of esters is 1. The van der Waals surface area contributed by atoms with Gasteiger partial charge in [0, 0.05) is 18.2 Å². The molecule has 29 heavy (non-hydrogen) atoms. The van der Waals surface area contributed by atoms with Gasteiger partial charge in [-0.1, -0.05) is 18.2 Å². The topological polar surface area (TPSA) is 83.1 Å². The zero-order valence-electron chi connectivity index (χ0n) is 16.4. The zero-order valence-corrected chi connectivity index (χ0v) is 16.4. The molecule has 0 saturated heterocycles. The molecule has 0 heterocycles. The van der Waals surface area contributed by atoms with Gasteiger partial charge in [-0.3, -0.25) is 4.79 Å². The average Bonchev–Trinajstić information content (AvgIpc) is 2.74. The highest BCUT2D eigenvalue weighted by Crippen LogP contribution is 2.38. The van der Waals surface area contributed by atoms with E-state index in [1.165, 1.54) is 39.5 Å². The number of hydrogen-bond donors (Lipinski definition) is 1. The second kappa shape index (κ2) is 10.7. The van der Waals surface area contributed by atoms with Crippen molar-refractivity contribution in [1.29, 1.82) is 0 Å². The summed E-state index contributed by atoms with van der Waals surface area (Å²) in [5.41, 5.74) is 0.954. The SMILES string of the molecule is COc1cc(/C=C/C(=O)OCC(=O)NCc2ccccc2F)cc(OC)c1OC. The predicted molar refractivity (Wildman–Crippen MR) is 104 cm³/mol. The van der Waals surface area contributed by atoms with Crippen LogP contribution >= 0.6 is 0 Å². The number of nitrogens with one attached hydrogen (secondary N) is 1. The summed E-state index contributed by atoms with van der Waals surface area (Å²) in [6.07, 6.45) is 2.66. The normalized spacial score (nSPS) is 10.5. The second-order valence-electron chi connectivity index (χ2n) is 5.77. The number of carbonyl (C=O) groups is 2. The van der Waals surface area contributed by atoms with E-state index in [-0.39, 0.29) is 6.54 Å². The number of methoxy groups -OCH3 is 3. The van der Waals surface area contributed by atoms with E-state index in [2.05, 4.69) is 5.32 Å². The Kier molecular flexibility index (Phi) is 8.02. The first-order valence-electron chi connectivity index (χ1n) is 8.63. The van der Waals surface area contributed by atoms with Gasteiger partial charge in [0.1, 0.15) is 5.82 Å². The smallest absolute Gasteiger partial charge is 0.331 e. The first-order valence-corrected chi connectivity index (χ1v) is 8.63. The van der Waals surface area contributed by atoms with Gasteiger partial charge in [0.05, 0.1) is 21.3 Å². The quantitative estimate of drug-likeness (QED) is 0.512. The molecule has 2 aromatic rings. The van der Waals surface area contributed by atoms with Crippen molar-refractivity contribution in [2.75, 3.05) is 27.9 Å². The molecule has 0 saturated carbocycles. The van der Waals surface area contributed by atoms with Gasteiger partial charge in [0.25, 0.3) is 5.91 Å². The Morgan fingerprint density at radius 2 is 1.69 bits per heavy atom. The van der Waals surface area contributed by atoms with Crippen molar-refractivity contribution in [2.45, 2.75) is 6.54 Å². The van der Waals surface area contributed by atoms with Crippen LogP contribution in [0.3, 0.4) is 0 Å². The fraction of sp³-hybridized carbons (Fsp3) is 0.238. The average molecular weight is 403 g/mol. The van der Waals surface area contributed by atoms with Crippen LogP contribution in [0.5, 0.6) is 17.2 Å². The van der Waals surface area contributed by atoms with Crippen molar-refractivity contribution in [1.82, 2.24) is 5.32 Å². The van der Waals surface area contributed by atoms with Crippen LogP contribution in [0.2, 0.25) is 0 Å². The van der Waals surface area contributed by atoms with Crippen molar-refractivity contribution >= 4 is 18.0 Å². The molecule has 0 aliphatic carbocycles. The molecule has 0 bridgehead atoms. The molecule has 0 aliphatic heterocycles. The Morgan fingerprint density at radius 3 is 2.28 bits per heavy atom. The summed E-state index contributed by atoms with van der Waals surface area (Å²) in [5.74, 6) is -0.360. The highest BCUT2D eigenvalue weighted by molar-refractivity contribution is 5.89. The third-order valence-corrected chi connectivity index (χ3v) is 3.88. The van der Waals surface area contributed by atoms with Crippen LogP contribution in [0.25, 0.3) is 6.08 Å². The van der Waals surface area contributed by atoms with E-state index < -0.39 is 24.3 Å². The maximum absolute atomic E-state index is 13.5. The van der Waals surface area contributed by atoms with Gasteiger partial charge in [-0.05, 0) is 29.8 Å². The van der Waals surface area contributed by atoms with E-state index >= 15 is 0 Å². The minimum absolute atomic E-state index is 0.00430. The van der Waals surface area contributed by atoms with Crippen molar-refractivity contribution in [2.24, 2.45) is 0 Å². The number of carbonyl (C=O) groups excluding carboxylic acids is 2. The summed E-state index contributed by atoms with van der Waals surface area (Å²) in [4.78, 5) is 23.6. The summed E-state index contributed by atoms with van der Waals surface area (Å²) in [7, 11) is 4.46. The van der Waals surface area contributed by atoms with Crippen molar-refractivity contribution in [3.63, 3.8) is 0 Å². The summed E-state index contributed by atoms with van der Waals surface area (Å²) in [6.45, 7) is -0.475. The molecule has 8 heteroatoms. The van der Waals surface area contributed by atoms with E-state index in [9.17, 15) is 14.0 Å². The van der Waals surface area contributed by atoms with Gasteiger partial charge in [-0.2, -0.15) is 0 Å². The van der Waals surface area contributed by atoms with Crippen molar-refractivity contribution < 1.29 is 32.9 Å². The fourth-order valence-electron chi connectivity index (χ4n) is 2.43. The molecule has 154 valence electrons. The van der Waals surface area contributed by atoms with Crippen molar-refractivity contribution in [3.05, 3.63) is 59.4 Å². The van der Waals surface area contributed by atoms with Crippen LogP contribution < -0.4 is 19.5 Å². The Labute approximate surface area is 168 Å². The third-order valence-electron chi connectivity index (χ3n) is 3.88. The van der Waals surface area contributed by atoms with Crippen LogP contribution in [0.15, 0.2) is 42.5 Å². The molecule has 2 aromatic carbocycles. The van der Waals surface area contributed by atoms with Crippen LogP contribution in [0.4, 0.5) is 4.39 Å². The van der Waals surface area contributed by atoms with Crippen molar-refractivity contribution in [3.8, 4) is 17.2 Å². The monoisotopic (exact) mass is 403 g/mol. The fourth-order valence-corrected chi connectivity index (χ4v) is 2.43. The molecule has 0 fully saturated rings. The summed E-state index contributed by atoms with van der Waals surface area (Å²) in [5, 5.41) is 2.48. The number of benzene rings is 2. The maximum atomic E-state index is 13.5. The largest absolute Gasteiger partial charge is 0.493 e. The lowest BCUT2D eigenvalue weighted by Gasteiger charge is -2.12. The molecular weight excluding hydrogens is 381 g/mol. The van der Waals surface area contributed by atoms with E-state index in [0.29, 0.717) is 28.4 Å². The molecule has 0 aliphatic rings. The lowest BCUT2D eigenvalue weighted by Crippen LogP contribution is -2.28. The highest BCUT2D eigenvalue weighted by atomic mass is 19.1. The number of rotatable bonds is 9. The number of hydrogen-bond acceptors (Lipinski definition) is 6. The Hall–Kier alpha value is -3.55. The van der Waals surface area contributed by atoms with Crippen LogP contribution in [-0.4, -0.2) is 39.8 Å². The Morgan fingerprint density at radius 1 is 1.03 bits per heavy atom. The van der Waals surface area contributed by atoms with E-state index in [1.54, 1.807) is 30.3 Å². The summed E-state index contributed by atoms with van der Waals surface area (Å²) >= 11 is 0. The molecule has 0 atom stereocenters. The molecule has 1 N–H and O–H groups in total. The Bertz CT molecular complexity index is 871. The lowest BCUT2D eigenvalue weighted by atomic mass is 10.1. The van der Waals surface area contributed by atoms with E-state index in [1.807, 2.05) is 0 Å². The molecule has 0 radical (unpaired) electrons. The van der Waals surface area contributed by atoms with E-state index in [4.69, 9.17) is 18.9 Å². The molecule has 2 rings (SSSR count). The molecule has 0 unspecified atom stereocenters. The molecule has 0 aromatic heterocycles.